The maximum atomic E-state index is 12.1. The van der Waals surface area contributed by atoms with Crippen molar-refractivity contribution >= 4 is 82.3 Å². The Morgan fingerprint density at radius 1 is 0.683 bits per heavy atom. The number of carbonyl (C=O) groups excluding carboxylic acids is 1. The summed E-state index contributed by atoms with van der Waals surface area (Å²) in [5.74, 6) is 1.40. The van der Waals surface area contributed by atoms with Gasteiger partial charge in [0.25, 0.3) is 0 Å². The molecule has 6 aromatic rings. The van der Waals surface area contributed by atoms with Gasteiger partial charge in [-0.3, -0.25) is 4.90 Å². The van der Waals surface area contributed by atoms with Gasteiger partial charge in [0.15, 0.2) is 0 Å². The molecule has 0 aliphatic heterocycles. The van der Waals surface area contributed by atoms with E-state index in [9.17, 15) is 14.7 Å². The molecule has 0 spiro atoms. The first-order chi connectivity index (χ1) is 28.5. The first kappa shape index (κ1) is 46.7. The first-order valence-electron chi connectivity index (χ1n) is 20.0. The lowest BCUT2D eigenvalue weighted by molar-refractivity contribution is 0.0847. The molecule has 6 rings (SSSR count). The molecule has 0 fully saturated rings. The molecule has 4 aromatic carbocycles. The van der Waals surface area contributed by atoms with Gasteiger partial charge in [-0.1, -0.05) is 132 Å². The van der Waals surface area contributed by atoms with Crippen LogP contribution in [-0.4, -0.2) is 70.7 Å². The van der Waals surface area contributed by atoms with Crippen LogP contribution in [0.3, 0.4) is 0 Å². The van der Waals surface area contributed by atoms with E-state index < -0.39 is 28.3 Å². The van der Waals surface area contributed by atoms with Crippen LogP contribution in [0.5, 0.6) is 0 Å². The molecule has 0 saturated heterocycles. The third-order valence-electron chi connectivity index (χ3n) is 9.43. The number of ether oxygens (including phenoxy) is 3. The molecule has 0 atom stereocenters. The Balaban J connectivity index is 0.000000228. The number of benzene rings is 4. The molecule has 12 nitrogen and oxygen atoms in total. The second kappa shape index (κ2) is 22.0. The summed E-state index contributed by atoms with van der Waals surface area (Å²) >= 11 is 7.01. The molecule has 320 valence electrons. The van der Waals surface area contributed by atoms with Gasteiger partial charge in [-0.2, -0.15) is 0 Å². The normalized spacial score (nSPS) is 11.7. The smallest absolute Gasteiger partial charge is 0.408 e. The highest BCUT2D eigenvalue weighted by atomic mass is 79.9. The molecular weight excluding hydrogens is 924 g/mol. The summed E-state index contributed by atoms with van der Waals surface area (Å²) in [6, 6.07) is 33.2. The number of rotatable bonds is 18. The second-order valence-electron chi connectivity index (χ2n) is 16.9. The molecule has 0 bridgehead atoms. The van der Waals surface area contributed by atoms with E-state index in [0.717, 1.165) is 66.7 Å². The number of carboxylic acid groups (broad SMARTS) is 1. The molecule has 0 unspecified atom stereocenters. The number of imidazole rings is 2. The van der Waals surface area contributed by atoms with Crippen LogP contribution >= 0.6 is 31.9 Å². The maximum Gasteiger partial charge on any atom is 0.408 e. The fourth-order valence-electron chi connectivity index (χ4n) is 6.00. The van der Waals surface area contributed by atoms with Crippen LogP contribution in [-0.2, 0) is 53.9 Å². The van der Waals surface area contributed by atoms with E-state index in [-0.39, 0.29) is 19.7 Å². The van der Waals surface area contributed by atoms with E-state index in [2.05, 4.69) is 81.4 Å². The highest BCUT2D eigenvalue weighted by Crippen LogP contribution is 2.24. The summed E-state index contributed by atoms with van der Waals surface area (Å²) < 4.78 is 23.1. The number of halogens is 2. The minimum absolute atomic E-state index is 0.188. The molecular formula is C44H56Br2N6O6Si2. The fourth-order valence-corrected chi connectivity index (χ4v) is 8.21. The number of nitrogens with one attached hydrogen (secondary N) is 1. The number of hydrogen-bond acceptors (Lipinski definition) is 7. The van der Waals surface area contributed by atoms with E-state index in [1.165, 1.54) is 4.90 Å². The first-order valence-corrected chi connectivity index (χ1v) is 29.0. The van der Waals surface area contributed by atoms with Gasteiger partial charge in [0.05, 0.1) is 35.2 Å². The van der Waals surface area contributed by atoms with Crippen molar-refractivity contribution in [2.24, 2.45) is 0 Å². The third kappa shape index (κ3) is 15.0. The van der Waals surface area contributed by atoms with Gasteiger partial charge in [-0.15, -0.1) is 0 Å². The lowest BCUT2D eigenvalue weighted by atomic mass is 10.2. The molecule has 60 heavy (non-hydrogen) atoms. The quantitative estimate of drug-likeness (QED) is 0.0643. The van der Waals surface area contributed by atoms with Crippen LogP contribution in [0.1, 0.15) is 22.8 Å². The van der Waals surface area contributed by atoms with Gasteiger partial charge in [0.1, 0.15) is 31.7 Å². The molecule has 0 saturated carbocycles. The topological polar surface area (TPSA) is 133 Å². The Bertz CT molecular complexity index is 2310. The number of aromatic nitrogens is 4. The maximum absolute atomic E-state index is 12.1. The molecule has 0 aliphatic rings. The number of nitrogens with zero attached hydrogens (tertiary/aromatic N) is 5. The van der Waals surface area contributed by atoms with Crippen LogP contribution in [0.25, 0.3) is 22.1 Å². The summed E-state index contributed by atoms with van der Waals surface area (Å²) in [6.45, 7) is 17.1. The number of hydrogen-bond donors (Lipinski definition) is 2. The van der Waals surface area contributed by atoms with E-state index in [1.54, 1.807) is 0 Å². The van der Waals surface area contributed by atoms with Crippen molar-refractivity contribution in [3.05, 3.63) is 129 Å². The molecule has 2 aromatic heterocycles. The number of alkyl carbamates (subject to hydrolysis) is 1. The molecule has 2 heterocycles. The predicted molar refractivity (Wildman–Crippen MR) is 250 cm³/mol. The number of fused-ring (bicyclic) bond motifs is 2. The fraction of sp³-hybridized carbons (Fsp3) is 0.364. The van der Waals surface area contributed by atoms with Gasteiger partial charge in [-0.05, 0) is 59.6 Å². The van der Waals surface area contributed by atoms with Crippen molar-refractivity contribution in [3.63, 3.8) is 0 Å². The zero-order chi connectivity index (χ0) is 43.3. The minimum atomic E-state index is -1.18. The Morgan fingerprint density at radius 2 is 1.23 bits per heavy atom. The van der Waals surface area contributed by atoms with Gasteiger partial charge >= 0.3 is 12.2 Å². The van der Waals surface area contributed by atoms with Crippen molar-refractivity contribution in [1.82, 2.24) is 29.3 Å². The van der Waals surface area contributed by atoms with Crippen molar-refractivity contribution in [2.45, 2.75) is 91.1 Å². The van der Waals surface area contributed by atoms with E-state index in [1.807, 2.05) is 106 Å². The Kier molecular flexibility index (Phi) is 17.1. The van der Waals surface area contributed by atoms with Crippen LogP contribution in [0, 0.1) is 0 Å². The summed E-state index contributed by atoms with van der Waals surface area (Å²) in [5, 5.41) is 12.6. The average molecular weight is 981 g/mol. The van der Waals surface area contributed by atoms with Crippen LogP contribution in [0.2, 0.25) is 51.4 Å². The summed E-state index contributed by atoms with van der Waals surface area (Å²) in [4.78, 5) is 34.8. The van der Waals surface area contributed by atoms with Crippen molar-refractivity contribution in [2.75, 3.05) is 13.2 Å². The van der Waals surface area contributed by atoms with Crippen LogP contribution < -0.4 is 5.32 Å². The lowest BCUT2D eigenvalue weighted by Crippen LogP contribution is -2.30. The third-order valence-corrected chi connectivity index (χ3v) is 13.8. The second-order valence-corrected chi connectivity index (χ2v) is 30.0. The van der Waals surface area contributed by atoms with Gasteiger partial charge in [0.2, 0.25) is 0 Å². The van der Waals surface area contributed by atoms with E-state index in [4.69, 9.17) is 19.2 Å². The van der Waals surface area contributed by atoms with Crippen molar-refractivity contribution < 1.29 is 28.9 Å². The van der Waals surface area contributed by atoms with Crippen molar-refractivity contribution in [1.29, 1.82) is 0 Å². The van der Waals surface area contributed by atoms with Gasteiger partial charge in [0, 0.05) is 44.9 Å². The Morgan fingerprint density at radius 3 is 1.83 bits per heavy atom. The average Bonchev–Trinajstić information content (AvgIpc) is 3.72. The van der Waals surface area contributed by atoms with Crippen LogP contribution in [0.4, 0.5) is 9.59 Å². The highest BCUT2D eigenvalue weighted by molar-refractivity contribution is 9.10. The Labute approximate surface area is 371 Å². The van der Waals surface area contributed by atoms with E-state index in [0.29, 0.717) is 32.4 Å². The molecule has 0 radical (unpaired) electrons. The van der Waals surface area contributed by atoms with Gasteiger partial charge in [-0.25, -0.2) is 19.6 Å². The van der Waals surface area contributed by atoms with Gasteiger partial charge < -0.3 is 33.8 Å². The molecule has 16 heteroatoms. The zero-order valence-corrected chi connectivity index (χ0v) is 40.5. The monoisotopic (exact) mass is 978 g/mol. The zero-order valence-electron chi connectivity index (χ0n) is 35.3. The minimum Gasteiger partial charge on any atom is -0.465 e. The summed E-state index contributed by atoms with van der Waals surface area (Å²) in [5.41, 5.74) is 5.47. The molecule has 2 N–H and O–H groups in total. The summed E-state index contributed by atoms with van der Waals surface area (Å²) in [6.07, 6.45) is -1.45. The van der Waals surface area contributed by atoms with Crippen LogP contribution in [0.15, 0.2) is 106 Å². The predicted octanol–water partition coefficient (Wildman–Crippen LogP) is 11.3. The van der Waals surface area contributed by atoms with E-state index >= 15 is 0 Å². The molecule has 2 amide bonds. The summed E-state index contributed by atoms with van der Waals surface area (Å²) in [7, 11) is -2.33. The highest BCUT2D eigenvalue weighted by Gasteiger charge is 2.20. The standard InChI is InChI=1S/2C22H28BrN3O3Si/c1-30(2,3)12-11-28-16-26-20-10-9-18(23)13-19(20)25-21(26)14-24-22(27)29-15-17-7-5-4-6-8-17;1-30(2,3)12-11-29-16-26-20-13-18(23)9-10-19(20)24-21(26)15-25(22(27)28)14-17-7-5-4-6-8-17/h4-10,13H,11-12,14-16H2,1-3H3,(H,24,27);4-10,13H,11-12,14-16H2,1-3H3,(H,27,28). The van der Waals surface area contributed by atoms with Crippen molar-refractivity contribution in [3.8, 4) is 0 Å². The lowest BCUT2D eigenvalue weighted by Gasteiger charge is -2.20. The SMILES string of the molecule is C[Si](C)(C)CCOCn1c(CN(Cc2ccccc2)C(=O)O)nc2ccc(Br)cc21.C[Si](C)(C)CCOCn1c(CNC(=O)OCc2ccccc2)nc2cc(Br)ccc21. The molecule has 0 aliphatic carbocycles. The number of amides is 2. The largest absolute Gasteiger partial charge is 0.465 e. The number of carbonyl (C=O) groups is 2. The Hall–Kier alpha value is -4.33.